The van der Waals surface area contributed by atoms with Gasteiger partial charge in [0.1, 0.15) is 11.6 Å². The maximum absolute atomic E-state index is 13.8. The van der Waals surface area contributed by atoms with Crippen LogP contribution < -0.4 is 21.3 Å². The molecule has 2 heterocycles. The molecule has 1 aromatic heterocycles. The Kier molecular flexibility index (Phi) is 8.73. The molecule has 1 aliphatic heterocycles. The maximum atomic E-state index is 13.8. The second kappa shape index (κ2) is 11.9. The number of aromatic nitrogens is 1. The molecule has 4 rings (SSSR count). The summed E-state index contributed by atoms with van der Waals surface area (Å²) in [7, 11) is -3.30. The quantitative estimate of drug-likeness (QED) is 0.311. The Balaban J connectivity index is 1.44. The summed E-state index contributed by atoms with van der Waals surface area (Å²) in [4.78, 5) is 18.2. The summed E-state index contributed by atoms with van der Waals surface area (Å²) in [5.74, 6) is -1.50. The van der Waals surface area contributed by atoms with Crippen LogP contribution in [0.5, 0.6) is 0 Å². The molecule has 1 fully saturated rings. The van der Waals surface area contributed by atoms with Crippen molar-refractivity contribution in [3.05, 3.63) is 77.2 Å². The van der Waals surface area contributed by atoms with Crippen LogP contribution in [0.25, 0.3) is 0 Å². The smallest absolute Gasteiger partial charge is 0.380 e. The first-order chi connectivity index (χ1) is 19.2. The summed E-state index contributed by atoms with van der Waals surface area (Å²) in [6, 6.07) is 11.1. The molecule has 0 spiro atoms. The summed E-state index contributed by atoms with van der Waals surface area (Å²) in [5.41, 5.74) is 6.15. The van der Waals surface area contributed by atoms with Gasteiger partial charge in [-0.15, -0.1) is 0 Å². The van der Waals surface area contributed by atoms with E-state index in [1.54, 1.807) is 13.8 Å². The topological polar surface area (TPSA) is 121 Å². The highest BCUT2D eigenvalue weighted by molar-refractivity contribution is 7.89. The molecule has 0 unspecified atom stereocenters. The molecule has 0 atom stereocenters. The zero-order valence-electron chi connectivity index (χ0n) is 22.4. The Labute approximate surface area is 235 Å². The third kappa shape index (κ3) is 7.24. The number of nitrogens with zero attached hydrogens (tertiary/aromatic N) is 3. The number of nitrogens with two attached hydrogens (primary N) is 1. The molecule has 41 heavy (non-hydrogen) atoms. The Bertz CT molecular complexity index is 1510. The van der Waals surface area contributed by atoms with Gasteiger partial charge in [-0.05, 0) is 61.9 Å². The number of amides is 1. The average molecular weight is 595 g/mol. The minimum atomic E-state index is -4.71. The fraction of sp³-hybridized carbons (Fsp3) is 0.333. The van der Waals surface area contributed by atoms with E-state index in [1.165, 1.54) is 16.6 Å². The van der Waals surface area contributed by atoms with Crippen molar-refractivity contribution in [2.45, 2.75) is 31.8 Å². The van der Waals surface area contributed by atoms with Gasteiger partial charge in [0.05, 0.1) is 22.1 Å². The SMILES string of the molecule is CC(C)S(=O)(=O)N1CCN(c2ccc(Nc3cc(NCc4cc(F)cc(C(F)(F)F)c4)c(C(N)=O)cn3)cc2)CC1. The summed E-state index contributed by atoms with van der Waals surface area (Å²) >= 11 is 0. The van der Waals surface area contributed by atoms with Crippen molar-refractivity contribution >= 4 is 38.8 Å². The van der Waals surface area contributed by atoms with Crippen LogP contribution in [0.4, 0.5) is 40.4 Å². The van der Waals surface area contributed by atoms with Gasteiger partial charge in [0.2, 0.25) is 10.0 Å². The highest BCUT2D eigenvalue weighted by atomic mass is 32.2. The van der Waals surface area contributed by atoms with Gasteiger partial charge in [0.15, 0.2) is 0 Å². The van der Waals surface area contributed by atoms with Crippen molar-refractivity contribution in [3.8, 4) is 0 Å². The molecule has 2 aromatic carbocycles. The van der Waals surface area contributed by atoms with Crippen molar-refractivity contribution in [1.29, 1.82) is 0 Å². The predicted molar refractivity (Wildman–Crippen MR) is 149 cm³/mol. The molecule has 0 aliphatic carbocycles. The van der Waals surface area contributed by atoms with E-state index in [2.05, 4.69) is 20.5 Å². The number of piperazine rings is 1. The van der Waals surface area contributed by atoms with Gasteiger partial charge < -0.3 is 21.3 Å². The van der Waals surface area contributed by atoms with E-state index in [0.29, 0.717) is 43.8 Å². The molecule has 1 aliphatic rings. The fourth-order valence-corrected chi connectivity index (χ4v) is 5.65. The van der Waals surface area contributed by atoms with E-state index in [9.17, 15) is 30.8 Å². The van der Waals surface area contributed by atoms with E-state index in [0.717, 1.165) is 17.8 Å². The Morgan fingerprint density at radius 1 is 1.05 bits per heavy atom. The van der Waals surface area contributed by atoms with Crippen LogP contribution in [0.15, 0.2) is 54.7 Å². The Morgan fingerprint density at radius 3 is 2.29 bits per heavy atom. The van der Waals surface area contributed by atoms with Crippen LogP contribution in [0.1, 0.15) is 35.3 Å². The maximum Gasteiger partial charge on any atom is 0.416 e. The number of anilines is 4. The average Bonchev–Trinajstić information content (AvgIpc) is 2.91. The Morgan fingerprint density at radius 2 is 1.71 bits per heavy atom. The molecular weight excluding hydrogens is 564 g/mol. The lowest BCUT2D eigenvalue weighted by atomic mass is 10.1. The number of carbonyl (C=O) groups is 1. The van der Waals surface area contributed by atoms with E-state index < -0.39 is 38.7 Å². The predicted octanol–water partition coefficient (Wildman–Crippen LogP) is 4.55. The third-order valence-corrected chi connectivity index (χ3v) is 8.91. The number of carbonyl (C=O) groups excluding carboxylic acids is 1. The van der Waals surface area contributed by atoms with Gasteiger partial charge in [0.25, 0.3) is 5.91 Å². The van der Waals surface area contributed by atoms with Gasteiger partial charge in [-0.25, -0.2) is 17.8 Å². The molecular formula is C27H30F4N6O3S. The Hall–Kier alpha value is -3.91. The number of rotatable bonds is 9. The zero-order chi connectivity index (χ0) is 29.9. The molecule has 0 bridgehead atoms. The highest BCUT2D eigenvalue weighted by Gasteiger charge is 2.31. The van der Waals surface area contributed by atoms with Crippen LogP contribution in [-0.4, -0.2) is 55.0 Å². The first-order valence-corrected chi connectivity index (χ1v) is 14.3. The number of alkyl halides is 3. The number of nitrogens with one attached hydrogen (secondary N) is 2. The summed E-state index contributed by atoms with van der Waals surface area (Å²) in [6.07, 6.45) is -3.47. The van der Waals surface area contributed by atoms with Crippen LogP contribution in [-0.2, 0) is 22.7 Å². The fourth-order valence-electron chi connectivity index (χ4n) is 4.38. The van der Waals surface area contributed by atoms with Gasteiger partial charge in [0, 0.05) is 56.4 Å². The molecule has 14 heteroatoms. The lowest BCUT2D eigenvalue weighted by molar-refractivity contribution is -0.137. The lowest BCUT2D eigenvalue weighted by Crippen LogP contribution is -2.50. The van der Waals surface area contributed by atoms with E-state index in [4.69, 9.17) is 5.73 Å². The van der Waals surface area contributed by atoms with Gasteiger partial charge >= 0.3 is 6.18 Å². The van der Waals surface area contributed by atoms with Crippen LogP contribution in [0.3, 0.4) is 0 Å². The van der Waals surface area contributed by atoms with Gasteiger partial charge in [-0.1, -0.05) is 0 Å². The molecule has 1 saturated heterocycles. The number of pyridine rings is 1. The number of benzene rings is 2. The minimum Gasteiger partial charge on any atom is -0.380 e. The molecule has 3 aromatic rings. The van der Waals surface area contributed by atoms with E-state index >= 15 is 0 Å². The number of hydrogen-bond acceptors (Lipinski definition) is 7. The van der Waals surface area contributed by atoms with Crippen LogP contribution in [0, 0.1) is 5.82 Å². The number of hydrogen-bond donors (Lipinski definition) is 3. The molecule has 1 amide bonds. The lowest BCUT2D eigenvalue weighted by Gasteiger charge is -2.36. The van der Waals surface area contributed by atoms with Crippen molar-refractivity contribution in [2.75, 3.05) is 41.7 Å². The number of sulfonamides is 1. The van der Waals surface area contributed by atoms with Crippen molar-refractivity contribution in [3.63, 3.8) is 0 Å². The van der Waals surface area contributed by atoms with Crippen molar-refractivity contribution in [2.24, 2.45) is 5.73 Å². The van der Waals surface area contributed by atoms with E-state index in [1.807, 2.05) is 24.3 Å². The van der Waals surface area contributed by atoms with Crippen molar-refractivity contribution < 1.29 is 30.8 Å². The first-order valence-electron chi connectivity index (χ1n) is 12.8. The number of halogens is 4. The molecule has 0 radical (unpaired) electrons. The second-order valence-corrected chi connectivity index (χ2v) is 12.3. The number of primary amides is 1. The van der Waals surface area contributed by atoms with Crippen molar-refractivity contribution in [1.82, 2.24) is 9.29 Å². The molecule has 4 N–H and O–H groups in total. The van der Waals surface area contributed by atoms with Gasteiger partial charge in [-0.2, -0.15) is 17.5 Å². The molecule has 220 valence electrons. The third-order valence-electron chi connectivity index (χ3n) is 6.64. The van der Waals surface area contributed by atoms with Gasteiger partial charge in [-0.3, -0.25) is 4.79 Å². The van der Waals surface area contributed by atoms with Crippen LogP contribution in [0.2, 0.25) is 0 Å². The second-order valence-electron chi connectivity index (χ2n) is 9.83. The molecule has 0 saturated carbocycles. The summed E-state index contributed by atoms with van der Waals surface area (Å²) in [5, 5.41) is 5.48. The summed E-state index contributed by atoms with van der Waals surface area (Å²) < 4.78 is 79.3. The summed E-state index contributed by atoms with van der Waals surface area (Å²) in [6.45, 7) is 5.05. The minimum absolute atomic E-state index is 0.0111. The zero-order valence-corrected chi connectivity index (χ0v) is 23.2. The highest BCUT2D eigenvalue weighted by Crippen LogP contribution is 2.31. The molecule has 9 nitrogen and oxygen atoms in total. The van der Waals surface area contributed by atoms with E-state index in [-0.39, 0.29) is 23.4 Å². The standard InChI is InChI=1S/C27H30F4N6O3S/c1-17(2)41(39,40)37-9-7-36(8-10-37)22-5-3-21(4-6-22)35-25-14-24(23(16-34-25)26(32)38)33-15-18-11-19(27(29,30)31)13-20(28)12-18/h3-6,11-14,16-17H,7-10,15H2,1-2H3,(H2,32,38)(H2,33,34,35). The first kappa shape index (κ1) is 30.1. The van der Waals surface area contributed by atoms with Crippen LogP contribution >= 0.6 is 0 Å². The monoisotopic (exact) mass is 594 g/mol. The normalized spacial score (nSPS) is 14.8. The largest absolute Gasteiger partial charge is 0.416 e.